The summed E-state index contributed by atoms with van der Waals surface area (Å²) in [6, 6.07) is 9.43. The van der Waals surface area contributed by atoms with Crippen molar-refractivity contribution in [2.45, 2.75) is 48.3 Å². The zero-order valence-electron chi connectivity index (χ0n) is 21.8. The quantitative estimate of drug-likeness (QED) is 0.186. The van der Waals surface area contributed by atoms with Crippen LogP contribution in [0.3, 0.4) is 0 Å². The van der Waals surface area contributed by atoms with Gasteiger partial charge in [-0.25, -0.2) is 24.9 Å². The Morgan fingerprint density at radius 2 is 1.90 bits per heavy atom. The van der Waals surface area contributed by atoms with Crippen molar-refractivity contribution >= 4 is 53.2 Å². The van der Waals surface area contributed by atoms with Crippen molar-refractivity contribution in [2.24, 2.45) is 20.7 Å². The summed E-state index contributed by atoms with van der Waals surface area (Å²) >= 11 is 1.23. The molecule has 3 aromatic rings. The molecule has 0 bridgehead atoms. The van der Waals surface area contributed by atoms with Gasteiger partial charge in [-0.05, 0) is 5.56 Å². The van der Waals surface area contributed by atoms with E-state index in [4.69, 9.17) is 16.2 Å². The number of anilines is 1. The lowest BCUT2D eigenvalue weighted by atomic mass is 10.1. The van der Waals surface area contributed by atoms with Crippen LogP contribution in [0, 0.1) is 0 Å². The second-order valence-electron chi connectivity index (χ2n) is 9.82. The summed E-state index contributed by atoms with van der Waals surface area (Å²) in [5.74, 6) is 0.384. The molecule has 7 N–H and O–H groups in total. The molecule has 1 fully saturated rings. The van der Waals surface area contributed by atoms with E-state index in [2.05, 4.69) is 35.2 Å². The van der Waals surface area contributed by atoms with E-state index < -0.39 is 24.4 Å². The highest BCUT2D eigenvalue weighted by atomic mass is 32.2. The van der Waals surface area contributed by atoms with Crippen molar-refractivity contribution in [3.63, 3.8) is 0 Å². The minimum atomic E-state index is -1.18. The highest BCUT2D eigenvalue weighted by Gasteiger charge is 2.45. The number of nitrogen functional groups attached to an aromatic ring is 1. The fourth-order valence-electron chi connectivity index (χ4n) is 4.98. The summed E-state index contributed by atoms with van der Waals surface area (Å²) in [6.45, 7) is 0.746. The number of aliphatic hydroxyl groups is 2. The number of rotatable bonds is 9. The van der Waals surface area contributed by atoms with Crippen LogP contribution in [0.1, 0.15) is 5.56 Å². The van der Waals surface area contributed by atoms with Crippen molar-refractivity contribution in [3.8, 4) is 0 Å². The number of hydrogen-bond donors (Lipinski definition) is 5. The highest BCUT2D eigenvalue weighted by molar-refractivity contribution is 7.99. The van der Waals surface area contributed by atoms with E-state index in [0.29, 0.717) is 28.7 Å². The number of aliphatic imine (C=N–C) groups is 3. The normalized spacial score (nSPS) is 26.9. The van der Waals surface area contributed by atoms with Gasteiger partial charge in [0.15, 0.2) is 28.3 Å². The minimum Gasteiger partial charge on any atom is -0.388 e. The molecule has 214 valence electrons. The van der Waals surface area contributed by atoms with Crippen LogP contribution in [-0.4, -0.2) is 115 Å². The van der Waals surface area contributed by atoms with Gasteiger partial charge in [-0.2, -0.15) is 0 Å². The lowest BCUT2D eigenvalue weighted by molar-refractivity contribution is -0.119. The smallest absolute Gasteiger partial charge is 0.230 e. The molecular weight excluding hydrogens is 550 g/mol. The van der Waals surface area contributed by atoms with Gasteiger partial charge in [0.25, 0.3) is 0 Å². The number of carbonyl (C=O) groups excluding carboxylic acids is 1. The average molecular weight is 580 g/mol. The van der Waals surface area contributed by atoms with Gasteiger partial charge in [0.05, 0.1) is 18.6 Å². The number of aromatic nitrogens is 4. The molecule has 0 radical (unpaired) electrons. The molecule has 3 aliphatic heterocycles. The number of aliphatic hydroxyl groups excluding tert-OH is 2. The van der Waals surface area contributed by atoms with Crippen molar-refractivity contribution in [2.75, 3.05) is 24.6 Å². The van der Waals surface area contributed by atoms with Gasteiger partial charge in [0.2, 0.25) is 5.91 Å². The first-order valence-corrected chi connectivity index (χ1v) is 13.9. The monoisotopic (exact) mass is 579 g/mol. The van der Waals surface area contributed by atoms with Gasteiger partial charge in [0, 0.05) is 13.1 Å². The predicted molar refractivity (Wildman–Crippen MR) is 153 cm³/mol. The van der Waals surface area contributed by atoms with E-state index in [9.17, 15) is 15.0 Å². The van der Waals surface area contributed by atoms with E-state index in [0.717, 1.165) is 5.56 Å². The first kappa shape index (κ1) is 27.1. The van der Waals surface area contributed by atoms with E-state index in [1.54, 1.807) is 11.2 Å². The third kappa shape index (κ3) is 5.46. The first-order chi connectivity index (χ1) is 19.9. The third-order valence-corrected chi connectivity index (χ3v) is 8.10. The molecule has 3 aliphatic rings. The number of nitrogens with zero attached hydrogens (tertiary/aromatic N) is 8. The molecule has 5 heterocycles. The molecule has 6 atom stereocenters. The van der Waals surface area contributed by atoms with Crippen molar-refractivity contribution < 1.29 is 19.7 Å². The lowest BCUT2D eigenvalue weighted by Crippen LogP contribution is -2.47. The number of benzene rings is 1. The molecule has 0 saturated carbocycles. The summed E-state index contributed by atoms with van der Waals surface area (Å²) in [6.07, 6.45) is 0.155. The van der Waals surface area contributed by atoms with Gasteiger partial charge in [-0.1, -0.05) is 42.1 Å². The molecule has 0 aliphatic carbocycles. The Hall–Kier alpha value is -4.12. The molecule has 6 rings (SSSR count). The first-order valence-electron chi connectivity index (χ1n) is 12.9. The van der Waals surface area contributed by atoms with Crippen LogP contribution in [0.5, 0.6) is 0 Å². The summed E-state index contributed by atoms with van der Waals surface area (Å²) in [5.41, 5.74) is 14.0. The van der Waals surface area contributed by atoms with E-state index in [1.807, 2.05) is 34.9 Å². The van der Waals surface area contributed by atoms with Crippen LogP contribution < -0.4 is 16.8 Å². The van der Waals surface area contributed by atoms with Crippen LogP contribution >= 0.6 is 11.8 Å². The average Bonchev–Trinajstić information content (AvgIpc) is 3.63. The molecule has 4 unspecified atom stereocenters. The number of nitrogens with one attached hydrogen (secondary N) is 1. The van der Waals surface area contributed by atoms with E-state index >= 15 is 0 Å². The van der Waals surface area contributed by atoms with Gasteiger partial charge in [0.1, 0.15) is 49.0 Å². The van der Waals surface area contributed by atoms with Gasteiger partial charge in [-0.15, -0.1) is 0 Å². The number of fused-ring (bicyclic) bond motifs is 2. The molecule has 41 heavy (non-hydrogen) atoms. The maximum atomic E-state index is 12.8. The Balaban J connectivity index is 1.05. The Morgan fingerprint density at radius 1 is 1.10 bits per heavy atom. The number of amides is 1. The third-order valence-electron chi connectivity index (χ3n) is 7.12. The molecule has 0 spiro atoms. The van der Waals surface area contributed by atoms with Crippen LogP contribution in [-0.2, 0) is 16.1 Å². The molecule has 1 amide bonds. The number of thioether (sulfide) groups is 1. The van der Waals surface area contributed by atoms with Crippen molar-refractivity contribution in [1.29, 1.82) is 0 Å². The standard InChI is InChI=1S/C25H29N11O4S/c26-21-17-23(31-10-29-21)35(12-33-17)8-15-20(39)19(38)14(40-15)6-28-16(37)9-41-25-34-18-22(27)30-11-32-24(18)36(25)7-13-4-2-1-3-5-13/h1-5,10-12,14-15,17,19-20,23,38-39H,6-9H2,(H,28,37)(H2,26,29,31)(H2,27,30,32)/t14-,15+,17?,19?,20?,23?/m1/s1. The fourth-order valence-corrected chi connectivity index (χ4v) is 5.81. The fraction of sp³-hybridized carbons (Fsp3) is 0.400. The van der Waals surface area contributed by atoms with Crippen molar-refractivity contribution in [3.05, 3.63) is 42.2 Å². The SMILES string of the molecule is NC1=NC=NC2C1N=CN2C[C@@H]1O[C@H](CNC(=O)CSc2nc3c(N)ncnc3n2Cc2ccccc2)C(O)C1O. The van der Waals surface area contributed by atoms with Crippen LogP contribution in [0.15, 0.2) is 56.8 Å². The zero-order chi connectivity index (χ0) is 28.5. The maximum absolute atomic E-state index is 12.8. The number of amidine groups is 1. The van der Waals surface area contributed by atoms with Gasteiger partial charge in [-0.3, -0.25) is 14.4 Å². The van der Waals surface area contributed by atoms with Crippen LogP contribution in [0.2, 0.25) is 0 Å². The summed E-state index contributed by atoms with van der Waals surface area (Å²) < 4.78 is 7.82. The number of nitrogens with two attached hydrogens (primary N) is 2. The number of hydrogen-bond acceptors (Lipinski definition) is 14. The predicted octanol–water partition coefficient (Wildman–Crippen LogP) is -1.41. The molecule has 1 aromatic carbocycles. The summed E-state index contributed by atoms with van der Waals surface area (Å²) in [7, 11) is 0. The van der Waals surface area contributed by atoms with E-state index in [-0.39, 0.29) is 42.8 Å². The Bertz CT molecular complexity index is 1510. The van der Waals surface area contributed by atoms with Crippen LogP contribution in [0.25, 0.3) is 11.2 Å². The number of imidazole rings is 1. The Kier molecular flexibility index (Phi) is 7.53. The summed E-state index contributed by atoms with van der Waals surface area (Å²) in [5, 5.41) is 24.6. The van der Waals surface area contributed by atoms with Crippen molar-refractivity contribution in [1.82, 2.24) is 29.7 Å². The maximum Gasteiger partial charge on any atom is 0.230 e. The second-order valence-corrected chi connectivity index (χ2v) is 10.8. The Morgan fingerprint density at radius 3 is 2.73 bits per heavy atom. The lowest BCUT2D eigenvalue weighted by Gasteiger charge is -2.28. The topological polar surface area (TPSA) is 215 Å². The largest absolute Gasteiger partial charge is 0.388 e. The highest BCUT2D eigenvalue weighted by Crippen LogP contribution is 2.27. The zero-order valence-corrected chi connectivity index (χ0v) is 22.6. The number of ether oxygens (including phenoxy) is 1. The summed E-state index contributed by atoms with van der Waals surface area (Å²) in [4.78, 5) is 40.2. The molecule has 2 aromatic heterocycles. The minimum absolute atomic E-state index is 0.0187. The Labute approximate surface area is 238 Å². The molecule has 1 saturated heterocycles. The van der Waals surface area contributed by atoms with E-state index in [1.165, 1.54) is 24.4 Å². The molecular formula is C25H29N11O4S. The molecule has 15 nitrogen and oxygen atoms in total. The van der Waals surface area contributed by atoms with Gasteiger partial charge >= 0.3 is 0 Å². The van der Waals surface area contributed by atoms with Crippen LogP contribution in [0.4, 0.5) is 5.82 Å². The van der Waals surface area contributed by atoms with Gasteiger partial charge < -0.3 is 36.6 Å². The second kappa shape index (κ2) is 11.4. The molecule has 16 heteroatoms. The number of carbonyl (C=O) groups is 1.